The lowest BCUT2D eigenvalue weighted by atomic mass is 10.3. The number of hydrogen-bond acceptors (Lipinski definition) is 3. The maximum Gasteiger partial charge on any atom is 0.220 e. The highest BCUT2D eigenvalue weighted by atomic mass is 16.5. The SMILES string of the molecule is CCCC(=O)NCCOCCN. The highest BCUT2D eigenvalue weighted by molar-refractivity contribution is 5.75. The van der Waals surface area contributed by atoms with Crippen LogP contribution in [0, 0.1) is 0 Å². The van der Waals surface area contributed by atoms with Gasteiger partial charge < -0.3 is 15.8 Å². The van der Waals surface area contributed by atoms with Crippen LogP contribution in [-0.4, -0.2) is 32.2 Å². The van der Waals surface area contributed by atoms with Crippen molar-refractivity contribution in [2.45, 2.75) is 19.8 Å². The van der Waals surface area contributed by atoms with E-state index in [0.29, 0.717) is 32.7 Å². The van der Waals surface area contributed by atoms with Gasteiger partial charge in [-0.15, -0.1) is 0 Å². The fourth-order valence-electron chi connectivity index (χ4n) is 0.763. The Bertz CT molecular complexity index is 118. The second kappa shape index (κ2) is 8.49. The van der Waals surface area contributed by atoms with E-state index in [-0.39, 0.29) is 5.91 Å². The van der Waals surface area contributed by atoms with Crippen molar-refractivity contribution >= 4 is 5.91 Å². The summed E-state index contributed by atoms with van der Waals surface area (Å²) in [5, 5.41) is 2.74. The van der Waals surface area contributed by atoms with Gasteiger partial charge in [-0.2, -0.15) is 0 Å². The minimum atomic E-state index is 0.0915. The molecule has 0 rings (SSSR count). The van der Waals surface area contributed by atoms with Crippen LogP contribution in [0.2, 0.25) is 0 Å². The predicted molar refractivity (Wildman–Crippen MR) is 47.8 cm³/mol. The molecule has 0 unspecified atom stereocenters. The Balaban J connectivity index is 3.03. The summed E-state index contributed by atoms with van der Waals surface area (Å²) in [6.45, 7) is 4.20. The number of nitrogens with one attached hydrogen (secondary N) is 1. The van der Waals surface area contributed by atoms with Crippen LogP contribution in [0.1, 0.15) is 19.8 Å². The van der Waals surface area contributed by atoms with Gasteiger partial charge in [-0.3, -0.25) is 4.79 Å². The Morgan fingerprint density at radius 2 is 2.25 bits per heavy atom. The number of ether oxygens (including phenoxy) is 1. The molecule has 0 atom stereocenters. The largest absolute Gasteiger partial charge is 0.378 e. The molecule has 0 aromatic heterocycles. The average Bonchev–Trinajstić information content (AvgIpc) is 2.05. The fourth-order valence-corrected chi connectivity index (χ4v) is 0.763. The Labute approximate surface area is 73.5 Å². The second-order valence-electron chi connectivity index (χ2n) is 2.50. The second-order valence-corrected chi connectivity index (χ2v) is 2.50. The minimum absolute atomic E-state index is 0.0915. The maximum atomic E-state index is 10.9. The Hall–Kier alpha value is -0.610. The molecule has 4 heteroatoms. The first-order valence-electron chi connectivity index (χ1n) is 4.35. The van der Waals surface area contributed by atoms with Gasteiger partial charge >= 0.3 is 0 Å². The number of rotatable bonds is 7. The first kappa shape index (κ1) is 11.4. The molecule has 0 radical (unpaired) electrons. The van der Waals surface area contributed by atoms with Crippen molar-refractivity contribution < 1.29 is 9.53 Å². The summed E-state index contributed by atoms with van der Waals surface area (Å²) in [6.07, 6.45) is 1.48. The fraction of sp³-hybridized carbons (Fsp3) is 0.875. The zero-order valence-electron chi connectivity index (χ0n) is 7.64. The molecule has 0 aromatic carbocycles. The van der Waals surface area contributed by atoms with Crippen molar-refractivity contribution in [3.63, 3.8) is 0 Å². The standard InChI is InChI=1S/C8H18N2O2/c1-2-3-8(11)10-5-7-12-6-4-9/h2-7,9H2,1H3,(H,10,11). The van der Waals surface area contributed by atoms with Crippen molar-refractivity contribution in [2.75, 3.05) is 26.3 Å². The molecule has 0 fully saturated rings. The van der Waals surface area contributed by atoms with Gasteiger partial charge in [0.25, 0.3) is 0 Å². The smallest absolute Gasteiger partial charge is 0.220 e. The van der Waals surface area contributed by atoms with E-state index in [9.17, 15) is 4.79 Å². The summed E-state index contributed by atoms with van der Waals surface area (Å²) in [5.74, 6) is 0.0915. The molecule has 0 bridgehead atoms. The van der Waals surface area contributed by atoms with Gasteiger partial charge in [0.1, 0.15) is 0 Å². The van der Waals surface area contributed by atoms with E-state index in [0.717, 1.165) is 6.42 Å². The first-order valence-corrected chi connectivity index (χ1v) is 4.35. The molecule has 0 saturated carbocycles. The molecule has 12 heavy (non-hydrogen) atoms. The van der Waals surface area contributed by atoms with E-state index < -0.39 is 0 Å². The van der Waals surface area contributed by atoms with Crippen LogP contribution < -0.4 is 11.1 Å². The molecule has 0 aliphatic heterocycles. The van der Waals surface area contributed by atoms with Crippen molar-refractivity contribution in [1.29, 1.82) is 0 Å². The molecular formula is C8H18N2O2. The van der Waals surface area contributed by atoms with Gasteiger partial charge in [-0.05, 0) is 6.42 Å². The Kier molecular flexibility index (Phi) is 8.05. The summed E-state index contributed by atoms with van der Waals surface area (Å²) in [7, 11) is 0. The van der Waals surface area contributed by atoms with Gasteiger partial charge in [0.15, 0.2) is 0 Å². The molecule has 4 nitrogen and oxygen atoms in total. The molecule has 0 spiro atoms. The lowest BCUT2D eigenvalue weighted by molar-refractivity contribution is -0.121. The van der Waals surface area contributed by atoms with E-state index in [1.165, 1.54) is 0 Å². The Morgan fingerprint density at radius 1 is 1.50 bits per heavy atom. The zero-order valence-corrected chi connectivity index (χ0v) is 7.64. The maximum absolute atomic E-state index is 10.9. The van der Waals surface area contributed by atoms with Crippen molar-refractivity contribution in [3.05, 3.63) is 0 Å². The number of hydrogen-bond donors (Lipinski definition) is 2. The zero-order chi connectivity index (χ0) is 9.23. The average molecular weight is 174 g/mol. The molecule has 0 aliphatic rings. The number of carbonyl (C=O) groups excluding carboxylic acids is 1. The third-order valence-corrected chi connectivity index (χ3v) is 1.31. The van der Waals surface area contributed by atoms with Crippen LogP contribution >= 0.6 is 0 Å². The quantitative estimate of drug-likeness (QED) is 0.529. The molecule has 0 aliphatic carbocycles. The van der Waals surface area contributed by atoms with Crippen LogP contribution in [0.15, 0.2) is 0 Å². The summed E-state index contributed by atoms with van der Waals surface area (Å²) in [6, 6.07) is 0. The van der Waals surface area contributed by atoms with Gasteiger partial charge in [0.2, 0.25) is 5.91 Å². The Morgan fingerprint density at radius 3 is 2.83 bits per heavy atom. The highest BCUT2D eigenvalue weighted by Gasteiger charge is 1.96. The molecule has 0 aromatic rings. The molecular weight excluding hydrogens is 156 g/mol. The van der Waals surface area contributed by atoms with Gasteiger partial charge in [-0.1, -0.05) is 6.92 Å². The molecule has 72 valence electrons. The monoisotopic (exact) mass is 174 g/mol. The van der Waals surface area contributed by atoms with E-state index in [1.54, 1.807) is 0 Å². The van der Waals surface area contributed by atoms with Gasteiger partial charge in [0.05, 0.1) is 13.2 Å². The van der Waals surface area contributed by atoms with Crippen LogP contribution in [0.25, 0.3) is 0 Å². The van der Waals surface area contributed by atoms with Gasteiger partial charge in [-0.25, -0.2) is 0 Å². The summed E-state index contributed by atoms with van der Waals surface area (Å²) in [5.41, 5.74) is 5.21. The van der Waals surface area contributed by atoms with E-state index in [1.807, 2.05) is 6.92 Å². The van der Waals surface area contributed by atoms with Crippen LogP contribution in [0.3, 0.4) is 0 Å². The normalized spacial score (nSPS) is 9.83. The van der Waals surface area contributed by atoms with Crippen LogP contribution in [-0.2, 0) is 9.53 Å². The van der Waals surface area contributed by atoms with Crippen molar-refractivity contribution in [2.24, 2.45) is 5.73 Å². The van der Waals surface area contributed by atoms with E-state index in [2.05, 4.69) is 5.32 Å². The minimum Gasteiger partial charge on any atom is -0.378 e. The lowest BCUT2D eigenvalue weighted by Gasteiger charge is -2.04. The topological polar surface area (TPSA) is 64.3 Å². The molecule has 0 heterocycles. The first-order chi connectivity index (χ1) is 5.81. The number of nitrogens with two attached hydrogens (primary N) is 1. The van der Waals surface area contributed by atoms with Crippen LogP contribution in [0.4, 0.5) is 0 Å². The lowest BCUT2D eigenvalue weighted by Crippen LogP contribution is -2.27. The van der Waals surface area contributed by atoms with Crippen LogP contribution in [0.5, 0.6) is 0 Å². The third-order valence-electron chi connectivity index (χ3n) is 1.31. The molecule has 1 amide bonds. The molecule has 3 N–H and O–H groups in total. The van der Waals surface area contributed by atoms with Gasteiger partial charge in [0, 0.05) is 19.5 Å². The summed E-state index contributed by atoms with van der Waals surface area (Å²) < 4.78 is 5.07. The highest BCUT2D eigenvalue weighted by Crippen LogP contribution is 1.84. The van der Waals surface area contributed by atoms with E-state index in [4.69, 9.17) is 10.5 Å². The number of amides is 1. The van der Waals surface area contributed by atoms with Crippen molar-refractivity contribution in [3.8, 4) is 0 Å². The molecule has 0 saturated heterocycles. The van der Waals surface area contributed by atoms with Crippen molar-refractivity contribution in [1.82, 2.24) is 5.32 Å². The summed E-state index contributed by atoms with van der Waals surface area (Å²) >= 11 is 0. The summed E-state index contributed by atoms with van der Waals surface area (Å²) in [4.78, 5) is 10.9. The number of carbonyl (C=O) groups is 1. The van der Waals surface area contributed by atoms with E-state index >= 15 is 0 Å². The predicted octanol–water partition coefficient (Wildman–Crippen LogP) is -0.122. The third kappa shape index (κ3) is 7.50.